The SMILES string of the molecule is Cc1cc(C)cc(-c2[nH]c3ccc([N+](=O)[O-])cc3c2CCN(Cc2ccccc2)C(=O)O)c1. The third-order valence-corrected chi connectivity index (χ3v) is 5.73. The van der Waals surface area contributed by atoms with Gasteiger partial charge in [0.25, 0.3) is 5.69 Å². The highest BCUT2D eigenvalue weighted by molar-refractivity contribution is 5.92. The molecule has 1 aromatic heterocycles. The summed E-state index contributed by atoms with van der Waals surface area (Å²) >= 11 is 0. The number of carbonyl (C=O) groups is 1. The normalized spacial score (nSPS) is 11.0. The van der Waals surface area contributed by atoms with Crippen molar-refractivity contribution in [3.8, 4) is 11.3 Å². The van der Waals surface area contributed by atoms with Crippen molar-refractivity contribution in [2.75, 3.05) is 6.54 Å². The van der Waals surface area contributed by atoms with Crippen molar-refractivity contribution in [3.05, 3.63) is 99.1 Å². The zero-order valence-electron chi connectivity index (χ0n) is 18.5. The van der Waals surface area contributed by atoms with E-state index >= 15 is 0 Å². The van der Waals surface area contributed by atoms with Gasteiger partial charge >= 0.3 is 6.09 Å². The molecule has 7 heteroatoms. The summed E-state index contributed by atoms with van der Waals surface area (Å²) in [6.45, 7) is 4.58. The molecule has 0 saturated carbocycles. The lowest BCUT2D eigenvalue weighted by Crippen LogP contribution is -2.31. The summed E-state index contributed by atoms with van der Waals surface area (Å²) in [7, 11) is 0. The maximum Gasteiger partial charge on any atom is 0.407 e. The van der Waals surface area contributed by atoms with Crippen molar-refractivity contribution in [2.24, 2.45) is 0 Å². The maximum atomic E-state index is 11.9. The first-order chi connectivity index (χ1) is 15.8. The second-order valence-electron chi connectivity index (χ2n) is 8.28. The van der Waals surface area contributed by atoms with Gasteiger partial charge in [-0.25, -0.2) is 4.79 Å². The number of nitrogens with one attached hydrogen (secondary N) is 1. The minimum absolute atomic E-state index is 0.00843. The molecule has 33 heavy (non-hydrogen) atoms. The second-order valence-corrected chi connectivity index (χ2v) is 8.28. The zero-order chi connectivity index (χ0) is 23.5. The number of non-ortho nitro benzene ring substituents is 1. The molecule has 0 spiro atoms. The van der Waals surface area contributed by atoms with Crippen molar-refractivity contribution in [3.63, 3.8) is 0 Å². The van der Waals surface area contributed by atoms with E-state index in [0.29, 0.717) is 6.42 Å². The molecule has 0 unspecified atom stereocenters. The smallest absolute Gasteiger partial charge is 0.407 e. The molecule has 3 aromatic carbocycles. The standard InChI is InChI=1S/C26H25N3O4/c1-17-12-18(2)14-20(13-17)25-22(23-15-21(29(32)33)8-9-24(23)27-25)10-11-28(26(30)31)16-19-6-4-3-5-7-19/h3-9,12-15,27H,10-11,16H2,1-2H3,(H,30,31). The Bertz CT molecular complexity index is 1310. The predicted molar refractivity (Wildman–Crippen MR) is 128 cm³/mol. The summed E-state index contributed by atoms with van der Waals surface area (Å²) in [5.41, 5.74) is 6.63. The number of nitro groups is 1. The van der Waals surface area contributed by atoms with Crippen LogP contribution in [-0.4, -0.2) is 32.6 Å². The Morgan fingerprint density at radius 1 is 1.03 bits per heavy atom. The summed E-state index contributed by atoms with van der Waals surface area (Å²) in [6, 6.07) is 20.4. The van der Waals surface area contributed by atoms with E-state index in [-0.39, 0.29) is 18.8 Å². The molecule has 2 N–H and O–H groups in total. The number of amides is 1. The average molecular weight is 444 g/mol. The molecular formula is C26H25N3O4. The van der Waals surface area contributed by atoms with Gasteiger partial charge in [0.05, 0.1) is 4.92 Å². The zero-order valence-corrected chi connectivity index (χ0v) is 18.5. The fourth-order valence-corrected chi connectivity index (χ4v) is 4.27. The minimum atomic E-state index is -1.00. The van der Waals surface area contributed by atoms with Gasteiger partial charge in [0.15, 0.2) is 0 Å². The minimum Gasteiger partial charge on any atom is -0.465 e. The fourth-order valence-electron chi connectivity index (χ4n) is 4.27. The third-order valence-electron chi connectivity index (χ3n) is 5.73. The van der Waals surface area contributed by atoms with Crippen molar-refractivity contribution in [2.45, 2.75) is 26.8 Å². The van der Waals surface area contributed by atoms with Crippen LogP contribution in [0.3, 0.4) is 0 Å². The van der Waals surface area contributed by atoms with Crippen LogP contribution >= 0.6 is 0 Å². The first kappa shape index (κ1) is 22.1. The van der Waals surface area contributed by atoms with Gasteiger partial charge in [0, 0.05) is 41.8 Å². The lowest BCUT2D eigenvalue weighted by atomic mass is 9.99. The quantitative estimate of drug-likeness (QED) is 0.267. The van der Waals surface area contributed by atoms with Crippen LogP contribution in [0, 0.1) is 24.0 Å². The Hall–Kier alpha value is -4.13. The number of fused-ring (bicyclic) bond motifs is 1. The van der Waals surface area contributed by atoms with Gasteiger partial charge in [-0.3, -0.25) is 10.1 Å². The van der Waals surface area contributed by atoms with Gasteiger partial charge in [-0.1, -0.05) is 47.5 Å². The summed E-state index contributed by atoms with van der Waals surface area (Å²) in [5, 5.41) is 21.9. The molecule has 168 valence electrons. The number of nitrogens with zero attached hydrogens (tertiary/aromatic N) is 2. The van der Waals surface area contributed by atoms with E-state index in [1.165, 1.54) is 11.0 Å². The summed E-state index contributed by atoms with van der Waals surface area (Å²) in [5.74, 6) is 0. The van der Waals surface area contributed by atoms with E-state index in [9.17, 15) is 20.0 Å². The van der Waals surface area contributed by atoms with Crippen LogP contribution < -0.4 is 0 Å². The fraction of sp³-hybridized carbons (Fsp3) is 0.192. The van der Waals surface area contributed by atoms with E-state index in [2.05, 4.69) is 23.2 Å². The highest BCUT2D eigenvalue weighted by Crippen LogP contribution is 2.34. The first-order valence-electron chi connectivity index (χ1n) is 10.7. The number of hydrogen-bond donors (Lipinski definition) is 2. The van der Waals surface area contributed by atoms with Gasteiger partial charge in [-0.2, -0.15) is 0 Å². The van der Waals surface area contributed by atoms with Gasteiger partial charge in [-0.05, 0) is 55.2 Å². The Balaban J connectivity index is 1.75. The summed E-state index contributed by atoms with van der Waals surface area (Å²) in [4.78, 5) is 27.7. The van der Waals surface area contributed by atoms with Crippen LogP contribution in [-0.2, 0) is 13.0 Å². The third kappa shape index (κ3) is 4.87. The van der Waals surface area contributed by atoms with Gasteiger partial charge in [0.2, 0.25) is 0 Å². The van der Waals surface area contributed by atoms with Gasteiger partial charge in [-0.15, -0.1) is 0 Å². The Kier molecular flexibility index (Phi) is 6.13. The Labute approximate surface area is 191 Å². The first-order valence-corrected chi connectivity index (χ1v) is 10.7. The highest BCUT2D eigenvalue weighted by Gasteiger charge is 2.19. The van der Waals surface area contributed by atoms with Crippen LogP contribution in [0.1, 0.15) is 22.3 Å². The van der Waals surface area contributed by atoms with Crippen LogP contribution in [0.25, 0.3) is 22.2 Å². The summed E-state index contributed by atoms with van der Waals surface area (Å²) in [6.07, 6.45) is -0.583. The molecule has 0 atom stereocenters. The number of rotatable bonds is 7. The largest absolute Gasteiger partial charge is 0.465 e. The highest BCUT2D eigenvalue weighted by atomic mass is 16.6. The molecule has 1 heterocycles. The molecule has 0 bridgehead atoms. The second kappa shape index (κ2) is 9.16. The van der Waals surface area contributed by atoms with Gasteiger partial charge < -0.3 is 15.0 Å². The molecule has 4 aromatic rings. The lowest BCUT2D eigenvalue weighted by molar-refractivity contribution is -0.384. The molecule has 1 amide bonds. The molecule has 0 aliphatic rings. The Morgan fingerprint density at radius 2 is 1.73 bits per heavy atom. The summed E-state index contributed by atoms with van der Waals surface area (Å²) < 4.78 is 0. The molecule has 0 fully saturated rings. The monoisotopic (exact) mass is 443 g/mol. The number of nitro benzene ring substituents is 1. The van der Waals surface area contributed by atoms with Crippen molar-refractivity contribution in [1.82, 2.24) is 9.88 Å². The van der Waals surface area contributed by atoms with Crippen molar-refractivity contribution < 1.29 is 14.8 Å². The molecule has 0 aliphatic heterocycles. The number of aromatic nitrogens is 1. The van der Waals surface area contributed by atoms with E-state index in [4.69, 9.17) is 0 Å². The van der Waals surface area contributed by atoms with Gasteiger partial charge in [0.1, 0.15) is 0 Å². The number of carboxylic acid groups (broad SMARTS) is 1. The van der Waals surface area contributed by atoms with E-state index in [1.54, 1.807) is 12.1 Å². The number of benzene rings is 3. The average Bonchev–Trinajstić information content (AvgIpc) is 3.14. The van der Waals surface area contributed by atoms with Crippen molar-refractivity contribution >= 4 is 22.7 Å². The topological polar surface area (TPSA) is 99.5 Å². The molecule has 0 radical (unpaired) electrons. The molecule has 7 nitrogen and oxygen atoms in total. The van der Waals surface area contributed by atoms with Crippen LogP contribution in [0.2, 0.25) is 0 Å². The lowest BCUT2D eigenvalue weighted by Gasteiger charge is -2.19. The molecule has 4 rings (SSSR count). The molecule has 0 aliphatic carbocycles. The molecule has 0 saturated heterocycles. The van der Waals surface area contributed by atoms with E-state index in [0.717, 1.165) is 44.4 Å². The number of H-pyrrole nitrogens is 1. The number of hydrogen-bond acceptors (Lipinski definition) is 3. The van der Waals surface area contributed by atoms with Crippen LogP contribution in [0.5, 0.6) is 0 Å². The molecular weight excluding hydrogens is 418 g/mol. The number of aromatic amines is 1. The van der Waals surface area contributed by atoms with E-state index < -0.39 is 11.0 Å². The van der Waals surface area contributed by atoms with E-state index in [1.807, 2.05) is 44.2 Å². The van der Waals surface area contributed by atoms with Crippen molar-refractivity contribution in [1.29, 1.82) is 0 Å². The Morgan fingerprint density at radius 3 is 2.36 bits per heavy atom. The predicted octanol–water partition coefficient (Wildman–Crippen LogP) is 6.08. The van der Waals surface area contributed by atoms with Crippen LogP contribution in [0.4, 0.5) is 10.5 Å². The van der Waals surface area contributed by atoms with Crippen LogP contribution in [0.15, 0.2) is 66.7 Å². The number of aryl methyl sites for hydroxylation is 2. The maximum absolute atomic E-state index is 11.9.